The van der Waals surface area contributed by atoms with Crippen molar-refractivity contribution in [2.75, 3.05) is 6.54 Å². The highest BCUT2D eigenvalue weighted by Gasteiger charge is 2.32. The highest BCUT2D eigenvalue weighted by molar-refractivity contribution is 5.37. The third-order valence-electron chi connectivity index (χ3n) is 2.61. The fourth-order valence-corrected chi connectivity index (χ4v) is 1.65. The zero-order valence-electron chi connectivity index (χ0n) is 7.95. The number of carbonyl (C=O) groups excluding carboxylic acids is 2. The van der Waals surface area contributed by atoms with Crippen LogP contribution < -0.4 is 0 Å². The van der Waals surface area contributed by atoms with Crippen molar-refractivity contribution < 1.29 is 9.59 Å². The molecule has 1 fully saturated rings. The molecule has 0 aromatic heterocycles. The molecule has 0 radical (unpaired) electrons. The highest BCUT2D eigenvalue weighted by atomic mass is 16.1. The minimum absolute atomic E-state index is 0.235. The van der Waals surface area contributed by atoms with Crippen molar-refractivity contribution in [2.45, 2.75) is 31.2 Å². The molecule has 14 heavy (non-hydrogen) atoms. The van der Waals surface area contributed by atoms with Crippen LogP contribution in [0.1, 0.15) is 25.7 Å². The molecular formula is C10H12N2O2. The topological polar surface area (TPSA) is 58.9 Å². The standard InChI is InChI=1S/C10H12N2O2/c1-9-2-4-10(5-3-9,12-8-14)6-11-7-13/h1-6H2. The fourth-order valence-electron chi connectivity index (χ4n) is 1.65. The van der Waals surface area contributed by atoms with Gasteiger partial charge in [-0.3, -0.25) is 0 Å². The van der Waals surface area contributed by atoms with E-state index in [1.165, 1.54) is 6.08 Å². The lowest BCUT2D eigenvalue weighted by Crippen LogP contribution is -2.33. The van der Waals surface area contributed by atoms with E-state index in [1.54, 1.807) is 6.08 Å². The summed E-state index contributed by atoms with van der Waals surface area (Å²) in [5.74, 6) is 0. The minimum atomic E-state index is -0.527. The summed E-state index contributed by atoms with van der Waals surface area (Å²) < 4.78 is 0. The summed E-state index contributed by atoms with van der Waals surface area (Å²) in [5.41, 5.74) is 0.636. The third-order valence-corrected chi connectivity index (χ3v) is 2.61. The quantitative estimate of drug-likeness (QED) is 0.386. The molecule has 1 saturated carbocycles. The normalized spacial score (nSPS) is 19.3. The zero-order valence-corrected chi connectivity index (χ0v) is 7.95. The number of isocyanates is 2. The molecule has 0 atom stereocenters. The van der Waals surface area contributed by atoms with Crippen LogP contribution in [0.5, 0.6) is 0 Å². The predicted octanol–water partition coefficient (Wildman–Crippen LogP) is 1.53. The van der Waals surface area contributed by atoms with E-state index >= 15 is 0 Å². The summed E-state index contributed by atoms with van der Waals surface area (Å²) in [6.07, 6.45) is 6.12. The highest BCUT2D eigenvalue weighted by Crippen LogP contribution is 2.33. The van der Waals surface area contributed by atoms with Crippen LogP contribution in [0.4, 0.5) is 0 Å². The Kier molecular flexibility index (Phi) is 3.52. The van der Waals surface area contributed by atoms with Gasteiger partial charge in [-0.05, 0) is 25.7 Å². The number of allylic oxidation sites excluding steroid dienone is 1. The molecule has 4 heteroatoms. The van der Waals surface area contributed by atoms with E-state index in [4.69, 9.17) is 0 Å². The van der Waals surface area contributed by atoms with Crippen LogP contribution in [-0.2, 0) is 9.59 Å². The maximum atomic E-state index is 10.3. The van der Waals surface area contributed by atoms with E-state index in [-0.39, 0.29) is 6.54 Å². The zero-order chi connectivity index (χ0) is 10.4. The second kappa shape index (κ2) is 4.66. The monoisotopic (exact) mass is 192 g/mol. The molecule has 74 valence electrons. The van der Waals surface area contributed by atoms with Gasteiger partial charge in [0, 0.05) is 0 Å². The van der Waals surface area contributed by atoms with Crippen molar-refractivity contribution in [3.05, 3.63) is 12.2 Å². The Bertz CT molecular complexity index is 313. The van der Waals surface area contributed by atoms with Crippen molar-refractivity contribution in [3.63, 3.8) is 0 Å². The number of hydrogen-bond acceptors (Lipinski definition) is 4. The van der Waals surface area contributed by atoms with E-state index in [2.05, 4.69) is 16.6 Å². The van der Waals surface area contributed by atoms with Crippen LogP contribution >= 0.6 is 0 Å². The molecule has 0 spiro atoms. The summed E-state index contributed by atoms with van der Waals surface area (Å²) in [6.45, 7) is 4.11. The summed E-state index contributed by atoms with van der Waals surface area (Å²) in [5, 5.41) is 0. The maximum absolute atomic E-state index is 10.3. The second-order valence-electron chi connectivity index (χ2n) is 3.58. The van der Waals surface area contributed by atoms with Gasteiger partial charge in [0.25, 0.3) is 0 Å². The van der Waals surface area contributed by atoms with Gasteiger partial charge in [-0.25, -0.2) is 14.6 Å². The van der Waals surface area contributed by atoms with Crippen molar-refractivity contribution in [3.8, 4) is 0 Å². The van der Waals surface area contributed by atoms with Crippen LogP contribution in [0, 0.1) is 0 Å². The molecule has 0 aliphatic heterocycles. The van der Waals surface area contributed by atoms with E-state index in [9.17, 15) is 9.59 Å². The van der Waals surface area contributed by atoms with E-state index in [0.717, 1.165) is 18.4 Å². The Morgan fingerprint density at radius 1 is 1.29 bits per heavy atom. The van der Waals surface area contributed by atoms with Crippen LogP contribution in [0.2, 0.25) is 0 Å². The first-order valence-electron chi connectivity index (χ1n) is 4.52. The van der Waals surface area contributed by atoms with Gasteiger partial charge in [-0.2, -0.15) is 4.99 Å². The molecule has 0 unspecified atom stereocenters. The summed E-state index contributed by atoms with van der Waals surface area (Å²) in [6, 6.07) is 0. The smallest absolute Gasteiger partial charge is 0.211 e. The molecule has 0 bridgehead atoms. The Morgan fingerprint density at radius 2 is 1.93 bits per heavy atom. The molecule has 0 aromatic carbocycles. The van der Waals surface area contributed by atoms with Crippen LogP contribution in [0.25, 0.3) is 0 Å². The lowest BCUT2D eigenvalue weighted by atomic mass is 9.80. The van der Waals surface area contributed by atoms with E-state index in [1.807, 2.05) is 0 Å². The molecule has 0 N–H and O–H groups in total. The molecule has 0 aromatic rings. The molecule has 1 aliphatic carbocycles. The van der Waals surface area contributed by atoms with Gasteiger partial charge in [-0.1, -0.05) is 12.2 Å². The van der Waals surface area contributed by atoms with Crippen molar-refractivity contribution in [1.82, 2.24) is 0 Å². The average Bonchev–Trinajstić information content (AvgIpc) is 2.20. The Balaban J connectivity index is 2.76. The van der Waals surface area contributed by atoms with Crippen molar-refractivity contribution in [2.24, 2.45) is 9.98 Å². The van der Waals surface area contributed by atoms with Gasteiger partial charge in [-0.15, -0.1) is 0 Å². The lowest BCUT2D eigenvalue weighted by molar-refractivity contribution is 0.344. The Morgan fingerprint density at radius 3 is 2.43 bits per heavy atom. The Hall–Kier alpha value is -1.50. The lowest BCUT2D eigenvalue weighted by Gasteiger charge is -2.30. The number of hydrogen-bond donors (Lipinski definition) is 0. The molecule has 0 saturated heterocycles. The minimum Gasteiger partial charge on any atom is -0.211 e. The SMILES string of the molecule is C=C1CCC(CN=C=O)(N=C=O)CC1. The number of aliphatic imine (C=N–C) groups is 2. The van der Waals surface area contributed by atoms with Crippen molar-refractivity contribution >= 4 is 12.2 Å². The van der Waals surface area contributed by atoms with Gasteiger partial charge in [0.1, 0.15) is 0 Å². The molecule has 0 heterocycles. The fraction of sp³-hybridized carbons (Fsp3) is 0.600. The van der Waals surface area contributed by atoms with Crippen LogP contribution in [0.15, 0.2) is 22.1 Å². The molecular weight excluding hydrogens is 180 g/mol. The number of nitrogens with zero attached hydrogens (tertiary/aromatic N) is 2. The molecule has 1 rings (SSSR count). The summed E-state index contributed by atoms with van der Waals surface area (Å²) in [4.78, 5) is 27.5. The average molecular weight is 192 g/mol. The molecule has 4 nitrogen and oxygen atoms in total. The summed E-state index contributed by atoms with van der Waals surface area (Å²) in [7, 11) is 0. The first kappa shape index (κ1) is 10.6. The second-order valence-corrected chi connectivity index (χ2v) is 3.58. The predicted molar refractivity (Wildman–Crippen MR) is 51.4 cm³/mol. The third kappa shape index (κ3) is 2.49. The van der Waals surface area contributed by atoms with Crippen LogP contribution in [0.3, 0.4) is 0 Å². The van der Waals surface area contributed by atoms with Gasteiger partial charge in [0.05, 0.1) is 12.1 Å². The van der Waals surface area contributed by atoms with Crippen molar-refractivity contribution in [1.29, 1.82) is 0 Å². The van der Waals surface area contributed by atoms with Crippen LogP contribution in [-0.4, -0.2) is 24.2 Å². The van der Waals surface area contributed by atoms with Gasteiger partial charge in [0.15, 0.2) is 0 Å². The molecule has 1 aliphatic rings. The van der Waals surface area contributed by atoms with E-state index in [0.29, 0.717) is 12.8 Å². The largest absolute Gasteiger partial charge is 0.235 e. The number of rotatable bonds is 3. The first-order valence-corrected chi connectivity index (χ1v) is 4.52. The van der Waals surface area contributed by atoms with E-state index < -0.39 is 5.54 Å². The van der Waals surface area contributed by atoms with Gasteiger partial charge < -0.3 is 0 Å². The molecule has 0 amide bonds. The van der Waals surface area contributed by atoms with Gasteiger partial charge >= 0.3 is 0 Å². The Labute approximate surface area is 82.4 Å². The first-order chi connectivity index (χ1) is 6.72. The van der Waals surface area contributed by atoms with Gasteiger partial charge in [0.2, 0.25) is 12.2 Å². The summed E-state index contributed by atoms with van der Waals surface area (Å²) >= 11 is 0. The maximum Gasteiger partial charge on any atom is 0.235 e.